The molecule has 0 saturated carbocycles. The average molecular weight is 278 g/mol. The largest absolute Gasteiger partial charge is 0.389 e. The molecule has 1 aliphatic heterocycles. The van der Waals surface area contributed by atoms with Crippen molar-refractivity contribution in [1.82, 2.24) is 10.3 Å². The minimum atomic E-state index is -0.421. The highest BCUT2D eigenvalue weighted by Crippen LogP contribution is 2.24. The molecular weight excluding hydrogens is 264 g/mol. The molecule has 1 aromatic heterocycles. The number of amides is 2. The fourth-order valence-electron chi connectivity index (χ4n) is 2.15. The lowest BCUT2D eigenvalue weighted by Gasteiger charge is -2.35. The Hall–Kier alpha value is -2.02. The molecule has 2 rings (SSSR count). The van der Waals surface area contributed by atoms with Gasteiger partial charge in [-0.3, -0.25) is 19.9 Å². The number of imide groups is 1. The first-order valence-electron chi connectivity index (χ1n) is 5.88. The molecule has 0 aliphatic carbocycles. The van der Waals surface area contributed by atoms with Crippen LogP contribution in [0.25, 0.3) is 0 Å². The van der Waals surface area contributed by atoms with Crippen molar-refractivity contribution < 1.29 is 9.59 Å². The molecule has 0 aromatic carbocycles. The topological polar surface area (TPSA) is 88.3 Å². The molecule has 1 atom stereocenters. The van der Waals surface area contributed by atoms with Gasteiger partial charge in [0, 0.05) is 11.8 Å². The van der Waals surface area contributed by atoms with Gasteiger partial charge in [-0.1, -0.05) is 19.1 Å². The van der Waals surface area contributed by atoms with Crippen molar-refractivity contribution in [3.05, 3.63) is 24.0 Å². The number of piperazine rings is 1. The van der Waals surface area contributed by atoms with Gasteiger partial charge >= 0.3 is 0 Å². The fraction of sp³-hybridized carbons (Fsp3) is 0.333. The minimum Gasteiger partial charge on any atom is -0.389 e. The van der Waals surface area contributed by atoms with Crippen LogP contribution in [0.4, 0.5) is 5.69 Å². The van der Waals surface area contributed by atoms with Crippen molar-refractivity contribution in [2.75, 3.05) is 11.4 Å². The first-order valence-corrected chi connectivity index (χ1v) is 6.29. The van der Waals surface area contributed by atoms with Crippen molar-refractivity contribution in [2.45, 2.75) is 19.4 Å². The molecule has 2 amide bonds. The van der Waals surface area contributed by atoms with Gasteiger partial charge in [0.2, 0.25) is 11.8 Å². The summed E-state index contributed by atoms with van der Waals surface area (Å²) in [5, 5.41) is 2.32. The lowest BCUT2D eigenvalue weighted by Crippen LogP contribution is -2.58. The first-order chi connectivity index (χ1) is 9.04. The summed E-state index contributed by atoms with van der Waals surface area (Å²) >= 11 is 4.99. The number of aromatic nitrogens is 1. The van der Waals surface area contributed by atoms with Crippen LogP contribution in [0.1, 0.15) is 18.9 Å². The van der Waals surface area contributed by atoms with E-state index in [9.17, 15) is 9.59 Å². The third-order valence-electron chi connectivity index (χ3n) is 3.02. The number of nitrogens with one attached hydrogen (secondary N) is 1. The Labute approximate surface area is 116 Å². The molecule has 3 N–H and O–H groups in total. The van der Waals surface area contributed by atoms with E-state index in [2.05, 4.69) is 10.3 Å². The standard InChI is InChI=1S/C12H14N4O2S/c1-2-8-12(18)15-10(17)6-16(8)9-5-14-4-3-7(9)11(13)19/h3-5,8H,2,6H2,1H3,(H2,13,19)(H,15,17,18). The van der Waals surface area contributed by atoms with Crippen molar-refractivity contribution in [2.24, 2.45) is 5.73 Å². The monoisotopic (exact) mass is 278 g/mol. The number of carbonyl (C=O) groups is 2. The summed E-state index contributed by atoms with van der Waals surface area (Å²) in [5.41, 5.74) is 6.90. The molecule has 7 heteroatoms. The van der Waals surface area contributed by atoms with E-state index in [4.69, 9.17) is 18.0 Å². The Morgan fingerprint density at radius 1 is 1.63 bits per heavy atom. The number of thiocarbonyl (C=S) groups is 1. The van der Waals surface area contributed by atoms with E-state index in [1.54, 1.807) is 23.4 Å². The Balaban J connectivity index is 2.46. The molecule has 1 aromatic rings. The van der Waals surface area contributed by atoms with E-state index >= 15 is 0 Å². The molecule has 0 spiro atoms. The average Bonchev–Trinajstić information content (AvgIpc) is 2.37. The summed E-state index contributed by atoms with van der Waals surface area (Å²) in [6.07, 6.45) is 3.72. The maximum Gasteiger partial charge on any atom is 0.249 e. The van der Waals surface area contributed by atoms with Crippen LogP contribution in [0, 0.1) is 0 Å². The number of hydrogen-bond acceptors (Lipinski definition) is 5. The van der Waals surface area contributed by atoms with E-state index in [-0.39, 0.29) is 23.3 Å². The predicted octanol–water partition coefficient (Wildman–Crippen LogP) is -0.0428. The lowest BCUT2D eigenvalue weighted by atomic mass is 10.1. The van der Waals surface area contributed by atoms with Crippen LogP contribution in [-0.2, 0) is 9.59 Å². The van der Waals surface area contributed by atoms with Crippen molar-refractivity contribution in [3.8, 4) is 0 Å². The van der Waals surface area contributed by atoms with Crippen LogP contribution in [0.15, 0.2) is 18.5 Å². The van der Waals surface area contributed by atoms with Gasteiger partial charge in [0.1, 0.15) is 11.0 Å². The van der Waals surface area contributed by atoms with Crippen LogP contribution < -0.4 is 16.0 Å². The predicted molar refractivity (Wildman–Crippen MR) is 74.7 cm³/mol. The Bertz CT molecular complexity index is 546. The minimum absolute atomic E-state index is 0.0888. The molecule has 1 saturated heterocycles. The van der Waals surface area contributed by atoms with E-state index in [1.165, 1.54) is 0 Å². The van der Waals surface area contributed by atoms with Crippen molar-refractivity contribution in [3.63, 3.8) is 0 Å². The molecule has 19 heavy (non-hydrogen) atoms. The van der Waals surface area contributed by atoms with E-state index in [0.29, 0.717) is 17.7 Å². The molecule has 1 aliphatic rings. The normalized spacial score (nSPS) is 19.2. The van der Waals surface area contributed by atoms with Crippen molar-refractivity contribution in [1.29, 1.82) is 0 Å². The maximum absolute atomic E-state index is 11.8. The number of nitrogens with two attached hydrogens (primary N) is 1. The quantitative estimate of drug-likeness (QED) is 0.595. The number of rotatable bonds is 3. The van der Waals surface area contributed by atoms with E-state index in [0.717, 1.165) is 0 Å². The van der Waals surface area contributed by atoms with Gasteiger partial charge in [-0.2, -0.15) is 0 Å². The summed E-state index contributed by atoms with van der Waals surface area (Å²) in [6, 6.07) is 1.26. The van der Waals surface area contributed by atoms with Gasteiger partial charge in [-0.25, -0.2) is 0 Å². The molecular formula is C12H14N4O2S. The molecule has 1 fully saturated rings. The molecule has 0 bridgehead atoms. The van der Waals surface area contributed by atoms with Crippen molar-refractivity contribution >= 4 is 34.7 Å². The summed E-state index contributed by atoms with van der Waals surface area (Å²) in [4.78, 5) is 29.3. The number of hydrogen-bond donors (Lipinski definition) is 2. The number of nitrogens with zero attached hydrogens (tertiary/aromatic N) is 2. The smallest absolute Gasteiger partial charge is 0.249 e. The van der Waals surface area contributed by atoms with Gasteiger partial charge in [0.15, 0.2) is 0 Å². The Morgan fingerprint density at radius 2 is 2.37 bits per heavy atom. The number of carbonyl (C=O) groups excluding carboxylic acids is 2. The Morgan fingerprint density at radius 3 is 3.00 bits per heavy atom. The molecule has 1 unspecified atom stereocenters. The SMILES string of the molecule is CCC1C(=O)NC(=O)CN1c1cnccc1C(N)=S. The van der Waals surface area contributed by atoms with Crippen LogP contribution in [0.5, 0.6) is 0 Å². The second-order valence-electron chi connectivity index (χ2n) is 4.22. The zero-order chi connectivity index (χ0) is 14.0. The van der Waals surface area contributed by atoms with Gasteiger partial charge in [0.25, 0.3) is 0 Å². The Kier molecular flexibility index (Phi) is 3.75. The highest BCUT2D eigenvalue weighted by Gasteiger charge is 2.33. The van der Waals surface area contributed by atoms with Crippen LogP contribution in [0.3, 0.4) is 0 Å². The second-order valence-corrected chi connectivity index (χ2v) is 4.66. The fourth-order valence-corrected chi connectivity index (χ4v) is 2.32. The number of anilines is 1. The lowest BCUT2D eigenvalue weighted by molar-refractivity contribution is -0.132. The van der Waals surface area contributed by atoms with Crippen LogP contribution >= 0.6 is 12.2 Å². The summed E-state index contributed by atoms with van der Waals surface area (Å²) in [7, 11) is 0. The zero-order valence-electron chi connectivity index (χ0n) is 10.4. The zero-order valence-corrected chi connectivity index (χ0v) is 11.2. The molecule has 100 valence electrons. The third kappa shape index (κ3) is 2.55. The van der Waals surface area contributed by atoms with Crippen LogP contribution in [-0.4, -0.2) is 34.4 Å². The highest BCUT2D eigenvalue weighted by atomic mass is 32.1. The van der Waals surface area contributed by atoms with Gasteiger partial charge in [-0.05, 0) is 12.5 Å². The number of pyridine rings is 1. The molecule has 2 heterocycles. The molecule has 6 nitrogen and oxygen atoms in total. The summed E-state index contributed by atoms with van der Waals surface area (Å²) in [5.74, 6) is -0.649. The highest BCUT2D eigenvalue weighted by molar-refractivity contribution is 7.80. The van der Waals surface area contributed by atoms with Gasteiger partial charge in [0.05, 0.1) is 18.4 Å². The summed E-state index contributed by atoms with van der Waals surface area (Å²) in [6.45, 7) is 1.97. The summed E-state index contributed by atoms with van der Waals surface area (Å²) < 4.78 is 0. The van der Waals surface area contributed by atoms with Gasteiger partial charge < -0.3 is 10.6 Å². The van der Waals surface area contributed by atoms with E-state index < -0.39 is 6.04 Å². The van der Waals surface area contributed by atoms with Crippen LogP contribution in [0.2, 0.25) is 0 Å². The van der Waals surface area contributed by atoms with E-state index in [1.807, 2.05) is 6.92 Å². The maximum atomic E-state index is 11.8. The van der Waals surface area contributed by atoms with Gasteiger partial charge in [-0.15, -0.1) is 0 Å². The molecule has 0 radical (unpaired) electrons. The second kappa shape index (κ2) is 5.31. The first kappa shape index (κ1) is 13.4. The third-order valence-corrected chi connectivity index (χ3v) is 3.24.